The molecule has 0 aromatic heterocycles. The minimum Gasteiger partial charge on any atom is -0.0766 e. The lowest BCUT2D eigenvalue weighted by Gasteiger charge is -2.05. The Labute approximate surface area is 94.0 Å². The van der Waals surface area contributed by atoms with Gasteiger partial charge in [-0.05, 0) is 35.5 Å². The van der Waals surface area contributed by atoms with Crippen molar-refractivity contribution in [2.45, 2.75) is 41.0 Å². The second-order valence-electron chi connectivity index (χ2n) is 5.75. The molecule has 0 heteroatoms. The van der Waals surface area contributed by atoms with Crippen molar-refractivity contribution in [3.8, 4) is 0 Å². The fraction of sp³-hybridized carbons (Fsp3) is 0.467. The normalized spacial score (nSPS) is 13.8. The van der Waals surface area contributed by atoms with Crippen molar-refractivity contribution in [3.05, 3.63) is 41.5 Å². The summed E-state index contributed by atoms with van der Waals surface area (Å²) in [6.07, 6.45) is 3.41. The summed E-state index contributed by atoms with van der Waals surface area (Å²) >= 11 is 0. The SMILES string of the molecule is CC(C)(C)C.CC1=CCc2ccccc21. The molecule has 1 aromatic carbocycles. The van der Waals surface area contributed by atoms with Crippen LogP contribution in [-0.4, -0.2) is 0 Å². The number of rotatable bonds is 0. The standard InChI is InChI=1S/C10H10.C5H12/c1-8-6-7-9-4-2-3-5-10(8)9;1-5(2,3)4/h2-6H,7H2,1H3;1-4H3. The van der Waals surface area contributed by atoms with Crippen molar-refractivity contribution in [2.24, 2.45) is 5.41 Å². The highest BCUT2D eigenvalue weighted by Crippen LogP contribution is 2.25. The molecule has 0 radical (unpaired) electrons. The Morgan fingerprint density at radius 1 is 1.00 bits per heavy atom. The van der Waals surface area contributed by atoms with E-state index < -0.39 is 0 Å². The first-order chi connectivity index (χ1) is 6.88. The number of allylic oxidation sites excluding steroid dienone is 2. The van der Waals surface area contributed by atoms with Crippen molar-refractivity contribution >= 4 is 5.57 Å². The predicted octanol–water partition coefficient (Wildman–Crippen LogP) is 4.70. The van der Waals surface area contributed by atoms with E-state index in [1.165, 1.54) is 16.7 Å². The van der Waals surface area contributed by atoms with Crippen molar-refractivity contribution in [3.63, 3.8) is 0 Å². The Bertz CT molecular complexity index is 345. The summed E-state index contributed by atoms with van der Waals surface area (Å²) in [6.45, 7) is 10.9. The summed E-state index contributed by atoms with van der Waals surface area (Å²) in [5, 5.41) is 0. The summed E-state index contributed by atoms with van der Waals surface area (Å²) in [7, 11) is 0. The van der Waals surface area contributed by atoms with E-state index in [9.17, 15) is 0 Å². The van der Waals surface area contributed by atoms with Crippen LogP contribution in [0.5, 0.6) is 0 Å². The maximum Gasteiger partial charge on any atom is -0.00855 e. The van der Waals surface area contributed by atoms with Gasteiger partial charge in [0.2, 0.25) is 0 Å². The molecule has 0 bridgehead atoms. The van der Waals surface area contributed by atoms with Crippen LogP contribution in [0, 0.1) is 5.41 Å². The van der Waals surface area contributed by atoms with Crippen molar-refractivity contribution in [1.29, 1.82) is 0 Å². The van der Waals surface area contributed by atoms with E-state index >= 15 is 0 Å². The molecule has 0 N–H and O–H groups in total. The fourth-order valence-corrected chi connectivity index (χ4v) is 1.46. The van der Waals surface area contributed by atoms with Crippen molar-refractivity contribution in [1.82, 2.24) is 0 Å². The maximum atomic E-state index is 2.28. The third kappa shape index (κ3) is 4.33. The van der Waals surface area contributed by atoms with Gasteiger partial charge in [0.1, 0.15) is 0 Å². The molecule has 15 heavy (non-hydrogen) atoms. The summed E-state index contributed by atoms with van der Waals surface area (Å²) in [5.41, 5.74) is 4.83. The molecule has 0 heterocycles. The Morgan fingerprint density at radius 3 is 2.07 bits per heavy atom. The first kappa shape index (κ1) is 12.0. The second-order valence-corrected chi connectivity index (χ2v) is 5.75. The van der Waals surface area contributed by atoms with Crippen LogP contribution < -0.4 is 0 Å². The molecular weight excluding hydrogens is 180 g/mol. The Hall–Kier alpha value is -1.04. The lowest BCUT2D eigenvalue weighted by atomic mass is 10.0. The molecule has 0 nitrogen and oxygen atoms in total. The van der Waals surface area contributed by atoms with Gasteiger partial charge in [0, 0.05) is 0 Å². The quantitative estimate of drug-likeness (QED) is 0.572. The molecule has 0 amide bonds. The zero-order chi connectivity index (χ0) is 11.5. The van der Waals surface area contributed by atoms with Gasteiger partial charge in [-0.1, -0.05) is 58.0 Å². The smallest absolute Gasteiger partial charge is 0.00855 e. The van der Waals surface area contributed by atoms with E-state index in [-0.39, 0.29) is 0 Å². The van der Waals surface area contributed by atoms with Crippen LogP contribution in [0.25, 0.3) is 5.57 Å². The van der Waals surface area contributed by atoms with Crippen LogP contribution in [0.4, 0.5) is 0 Å². The van der Waals surface area contributed by atoms with E-state index in [0.29, 0.717) is 5.41 Å². The Morgan fingerprint density at radius 2 is 1.53 bits per heavy atom. The molecule has 0 saturated carbocycles. The van der Waals surface area contributed by atoms with Crippen LogP contribution >= 0.6 is 0 Å². The van der Waals surface area contributed by atoms with Gasteiger partial charge in [-0.2, -0.15) is 0 Å². The summed E-state index contributed by atoms with van der Waals surface area (Å²) < 4.78 is 0. The molecule has 82 valence electrons. The molecule has 0 aliphatic heterocycles. The minimum absolute atomic E-state index is 0.500. The van der Waals surface area contributed by atoms with Crippen molar-refractivity contribution < 1.29 is 0 Å². The lowest BCUT2D eigenvalue weighted by Crippen LogP contribution is -1.93. The number of fused-ring (bicyclic) bond motifs is 1. The number of hydrogen-bond acceptors (Lipinski definition) is 0. The second kappa shape index (κ2) is 4.65. The van der Waals surface area contributed by atoms with Crippen LogP contribution in [0.1, 0.15) is 45.7 Å². The van der Waals surface area contributed by atoms with Crippen LogP contribution in [-0.2, 0) is 6.42 Å². The van der Waals surface area contributed by atoms with Gasteiger partial charge in [-0.3, -0.25) is 0 Å². The average Bonchev–Trinajstić information content (AvgIpc) is 2.46. The summed E-state index contributed by atoms with van der Waals surface area (Å²) in [6, 6.07) is 8.59. The molecule has 0 fully saturated rings. The van der Waals surface area contributed by atoms with E-state index in [0.717, 1.165) is 6.42 Å². The van der Waals surface area contributed by atoms with E-state index in [4.69, 9.17) is 0 Å². The minimum atomic E-state index is 0.500. The molecule has 0 atom stereocenters. The van der Waals surface area contributed by atoms with Crippen molar-refractivity contribution in [2.75, 3.05) is 0 Å². The Kier molecular flexibility index (Phi) is 3.73. The van der Waals surface area contributed by atoms with E-state index in [1.54, 1.807) is 0 Å². The lowest BCUT2D eigenvalue weighted by molar-refractivity contribution is 0.469. The van der Waals surface area contributed by atoms with Gasteiger partial charge in [0.25, 0.3) is 0 Å². The van der Waals surface area contributed by atoms with Gasteiger partial charge in [-0.25, -0.2) is 0 Å². The van der Waals surface area contributed by atoms with Crippen LogP contribution in [0.3, 0.4) is 0 Å². The Balaban J connectivity index is 0.000000195. The van der Waals surface area contributed by atoms with E-state index in [2.05, 4.69) is 65.0 Å². The van der Waals surface area contributed by atoms with Gasteiger partial charge < -0.3 is 0 Å². The number of hydrogen-bond donors (Lipinski definition) is 0. The molecule has 1 aromatic rings. The third-order valence-electron chi connectivity index (χ3n) is 2.07. The largest absolute Gasteiger partial charge is 0.0766 e. The summed E-state index contributed by atoms with van der Waals surface area (Å²) in [4.78, 5) is 0. The van der Waals surface area contributed by atoms with Gasteiger partial charge in [0.05, 0.1) is 0 Å². The zero-order valence-electron chi connectivity index (χ0n) is 10.6. The summed E-state index contributed by atoms with van der Waals surface area (Å²) in [5.74, 6) is 0. The highest BCUT2D eigenvalue weighted by atomic mass is 14.1. The monoisotopic (exact) mass is 202 g/mol. The van der Waals surface area contributed by atoms with Crippen LogP contribution in [0.15, 0.2) is 30.3 Å². The van der Waals surface area contributed by atoms with Crippen LogP contribution in [0.2, 0.25) is 0 Å². The molecule has 0 unspecified atom stereocenters. The zero-order valence-corrected chi connectivity index (χ0v) is 10.6. The first-order valence-corrected chi connectivity index (χ1v) is 5.63. The third-order valence-corrected chi connectivity index (χ3v) is 2.07. The fourth-order valence-electron chi connectivity index (χ4n) is 1.46. The first-order valence-electron chi connectivity index (χ1n) is 5.63. The molecule has 2 rings (SSSR count). The molecule has 0 saturated heterocycles. The highest BCUT2D eigenvalue weighted by Gasteiger charge is 2.07. The number of benzene rings is 1. The topological polar surface area (TPSA) is 0 Å². The molecule has 1 aliphatic rings. The molecule has 1 aliphatic carbocycles. The molecular formula is C15H22. The maximum absolute atomic E-state index is 2.28. The van der Waals surface area contributed by atoms with E-state index in [1.807, 2.05) is 0 Å². The average molecular weight is 202 g/mol. The van der Waals surface area contributed by atoms with Gasteiger partial charge in [-0.15, -0.1) is 0 Å². The highest BCUT2D eigenvalue weighted by molar-refractivity contribution is 5.71. The van der Waals surface area contributed by atoms with Gasteiger partial charge >= 0.3 is 0 Å². The van der Waals surface area contributed by atoms with Gasteiger partial charge in [0.15, 0.2) is 0 Å². The predicted molar refractivity (Wildman–Crippen MR) is 68.9 cm³/mol. The molecule has 0 spiro atoms.